The number of ether oxygens (including phenoxy) is 1. The number of aromatic nitrogens is 3. The van der Waals surface area contributed by atoms with E-state index in [2.05, 4.69) is 23.3 Å². The lowest BCUT2D eigenvalue weighted by Crippen LogP contribution is -2.42. The summed E-state index contributed by atoms with van der Waals surface area (Å²) in [6.07, 6.45) is 6.63. The molecule has 1 amide bonds. The van der Waals surface area contributed by atoms with Crippen LogP contribution in [0.4, 0.5) is 11.5 Å². The van der Waals surface area contributed by atoms with Gasteiger partial charge in [0.2, 0.25) is 0 Å². The number of anilines is 2. The van der Waals surface area contributed by atoms with E-state index in [0.29, 0.717) is 35.5 Å². The molecule has 0 aliphatic carbocycles. The minimum absolute atomic E-state index is 0.0631. The molecule has 0 bridgehead atoms. The summed E-state index contributed by atoms with van der Waals surface area (Å²) < 4.78 is 7.55. The Labute approximate surface area is 210 Å². The Morgan fingerprint density at radius 2 is 2.19 bits per heavy atom. The van der Waals surface area contributed by atoms with Crippen LogP contribution in [-0.4, -0.2) is 51.4 Å². The second kappa shape index (κ2) is 9.78. The molecule has 36 heavy (non-hydrogen) atoms. The third-order valence-electron chi connectivity index (χ3n) is 7.55. The molecule has 2 fully saturated rings. The van der Waals surface area contributed by atoms with Crippen molar-refractivity contribution in [3.63, 3.8) is 0 Å². The van der Waals surface area contributed by atoms with Crippen molar-refractivity contribution < 1.29 is 9.53 Å². The largest absolute Gasteiger partial charge is 0.379 e. The number of hydrogen-bond donors (Lipinski definition) is 2. The van der Waals surface area contributed by atoms with E-state index in [9.17, 15) is 14.9 Å². The number of nitrogens with zero attached hydrogens (tertiary/aromatic N) is 4. The highest BCUT2D eigenvalue weighted by molar-refractivity contribution is 5.97. The second-order valence-corrected chi connectivity index (χ2v) is 10.0. The van der Waals surface area contributed by atoms with Gasteiger partial charge in [0, 0.05) is 36.6 Å². The average molecular weight is 489 g/mol. The van der Waals surface area contributed by atoms with E-state index in [0.717, 1.165) is 49.9 Å². The van der Waals surface area contributed by atoms with Crippen LogP contribution < -0.4 is 10.9 Å². The van der Waals surface area contributed by atoms with Crippen molar-refractivity contribution in [3.05, 3.63) is 51.9 Å². The number of rotatable bonds is 5. The molecule has 2 aliphatic heterocycles. The minimum atomic E-state index is -0.629. The Kier molecular flexibility index (Phi) is 6.54. The number of nitrogens with one attached hydrogen (secondary N) is 2. The van der Waals surface area contributed by atoms with Crippen molar-refractivity contribution in [2.45, 2.75) is 64.0 Å². The predicted molar refractivity (Wildman–Crippen MR) is 137 cm³/mol. The van der Waals surface area contributed by atoms with Crippen molar-refractivity contribution in [1.82, 2.24) is 19.7 Å². The maximum Gasteiger partial charge on any atom is 0.261 e. The van der Waals surface area contributed by atoms with Crippen LogP contribution in [0.3, 0.4) is 0 Å². The first-order valence-corrected chi connectivity index (χ1v) is 12.7. The molecule has 2 aliphatic rings. The van der Waals surface area contributed by atoms with Crippen LogP contribution in [0.1, 0.15) is 61.4 Å². The van der Waals surface area contributed by atoms with E-state index in [1.165, 1.54) is 0 Å². The lowest BCUT2D eigenvalue weighted by Gasteiger charge is -2.35. The Bertz CT molecular complexity index is 1380. The highest BCUT2D eigenvalue weighted by Crippen LogP contribution is 2.35. The number of likely N-dealkylation sites (tertiary alicyclic amines) is 1. The first-order valence-electron chi connectivity index (χ1n) is 12.7. The van der Waals surface area contributed by atoms with E-state index in [1.54, 1.807) is 10.9 Å². The fourth-order valence-corrected chi connectivity index (χ4v) is 5.57. The van der Waals surface area contributed by atoms with Crippen LogP contribution >= 0.6 is 0 Å². The molecular weight excluding hydrogens is 456 g/mol. The van der Waals surface area contributed by atoms with Gasteiger partial charge in [-0.05, 0) is 75.8 Å². The van der Waals surface area contributed by atoms with E-state index in [1.807, 2.05) is 36.1 Å². The van der Waals surface area contributed by atoms with Crippen molar-refractivity contribution in [1.29, 1.82) is 5.26 Å². The average Bonchev–Trinajstić information content (AvgIpc) is 3.25. The highest BCUT2D eigenvalue weighted by Gasteiger charge is 2.38. The third kappa shape index (κ3) is 4.26. The molecule has 4 heterocycles. The summed E-state index contributed by atoms with van der Waals surface area (Å²) in [7, 11) is 0. The summed E-state index contributed by atoms with van der Waals surface area (Å²) in [5.74, 6) is 0.478. The van der Waals surface area contributed by atoms with Gasteiger partial charge in [-0.2, -0.15) is 10.4 Å². The monoisotopic (exact) mass is 488 g/mol. The Hall–Kier alpha value is -3.64. The van der Waals surface area contributed by atoms with Gasteiger partial charge in [0.25, 0.3) is 11.5 Å². The van der Waals surface area contributed by atoms with Gasteiger partial charge in [-0.3, -0.25) is 14.3 Å². The van der Waals surface area contributed by atoms with Crippen molar-refractivity contribution in [3.8, 4) is 6.07 Å². The minimum Gasteiger partial charge on any atom is -0.379 e. The van der Waals surface area contributed by atoms with Gasteiger partial charge in [-0.15, -0.1) is 0 Å². The molecule has 5 rings (SSSR count). The highest BCUT2D eigenvalue weighted by atomic mass is 16.5. The lowest BCUT2D eigenvalue weighted by atomic mass is 9.89. The molecule has 0 unspecified atom stereocenters. The second-order valence-electron chi connectivity index (χ2n) is 10.0. The SMILES string of the molecule is Cc1cc(Nc2nn([C@]3(CC#N)CCCOC3)c3cc[nH]c(=O)c23)ccc1C(=O)N1CCCC[C@H]1C. The molecule has 2 N–H and O–H groups in total. The molecule has 0 saturated carbocycles. The number of benzene rings is 1. The molecule has 2 atom stereocenters. The molecule has 3 aromatic rings. The number of piperidine rings is 1. The van der Waals surface area contributed by atoms with Gasteiger partial charge in [0.05, 0.1) is 30.2 Å². The van der Waals surface area contributed by atoms with E-state index in [4.69, 9.17) is 9.84 Å². The molecular formula is C27H32N6O3. The number of aromatic amines is 1. The number of aryl methyl sites for hydroxylation is 1. The number of H-pyrrole nitrogens is 1. The molecule has 0 radical (unpaired) electrons. The van der Waals surface area contributed by atoms with Crippen LogP contribution in [-0.2, 0) is 10.3 Å². The fourth-order valence-electron chi connectivity index (χ4n) is 5.57. The number of pyridine rings is 1. The summed E-state index contributed by atoms with van der Waals surface area (Å²) in [5.41, 5.74) is 2.06. The zero-order valence-corrected chi connectivity index (χ0v) is 20.8. The topological polar surface area (TPSA) is 116 Å². The zero-order valence-electron chi connectivity index (χ0n) is 20.8. The molecule has 9 nitrogen and oxygen atoms in total. The van der Waals surface area contributed by atoms with Gasteiger partial charge in [-0.1, -0.05) is 0 Å². The van der Waals surface area contributed by atoms with E-state index in [-0.39, 0.29) is 23.9 Å². The van der Waals surface area contributed by atoms with Crippen LogP contribution in [0.15, 0.2) is 35.3 Å². The first kappa shape index (κ1) is 24.1. The summed E-state index contributed by atoms with van der Waals surface area (Å²) in [5, 5.41) is 18.1. The summed E-state index contributed by atoms with van der Waals surface area (Å²) >= 11 is 0. The number of carbonyl (C=O) groups excluding carboxylic acids is 1. The fraction of sp³-hybridized carbons (Fsp3) is 0.481. The van der Waals surface area contributed by atoms with Gasteiger partial charge in [-0.25, -0.2) is 0 Å². The van der Waals surface area contributed by atoms with Gasteiger partial charge < -0.3 is 19.9 Å². The van der Waals surface area contributed by atoms with Crippen LogP contribution in [0.2, 0.25) is 0 Å². The molecule has 2 aromatic heterocycles. The smallest absolute Gasteiger partial charge is 0.261 e. The maximum atomic E-state index is 13.2. The number of hydrogen-bond acceptors (Lipinski definition) is 6. The summed E-state index contributed by atoms with van der Waals surface area (Å²) in [6, 6.07) is 9.96. The van der Waals surface area contributed by atoms with Crippen LogP contribution in [0.5, 0.6) is 0 Å². The third-order valence-corrected chi connectivity index (χ3v) is 7.55. The number of fused-ring (bicyclic) bond motifs is 1. The van der Waals surface area contributed by atoms with Crippen LogP contribution in [0.25, 0.3) is 10.9 Å². The van der Waals surface area contributed by atoms with Crippen molar-refractivity contribution in [2.24, 2.45) is 0 Å². The molecule has 9 heteroatoms. The number of nitriles is 1. The standard InChI is InChI=1S/C27H32N6O3/c1-18-16-20(7-8-21(18)26(35)32-14-4-3-6-19(32)2)30-24-23-22(9-13-29-25(23)34)33(31-24)27(11-12-28)10-5-15-36-17-27/h7-9,13,16,19H,3-6,10-11,14-15,17H2,1-2H3,(H,29,34)(H,30,31)/t19-,27+/m1/s1. The van der Waals surface area contributed by atoms with E-state index >= 15 is 0 Å². The van der Waals surface area contributed by atoms with Crippen LogP contribution in [0, 0.1) is 18.3 Å². The Balaban J connectivity index is 1.50. The molecule has 0 spiro atoms. The number of amides is 1. The molecule has 188 valence electrons. The Morgan fingerprint density at radius 1 is 1.33 bits per heavy atom. The summed E-state index contributed by atoms with van der Waals surface area (Å²) in [4.78, 5) is 30.8. The molecule has 1 aromatic carbocycles. The Morgan fingerprint density at radius 3 is 2.92 bits per heavy atom. The van der Waals surface area contributed by atoms with Gasteiger partial charge >= 0.3 is 0 Å². The predicted octanol–water partition coefficient (Wildman–Crippen LogP) is 4.21. The number of carbonyl (C=O) groups is 1. The van der Waals surface area contributed by atoms with E-state index < -0.39 is 5.54 Å². The normalized spacial score (nSPS) is 22.4. The lowest BCUT2D eigenvalue weighted by molar-refractivity contribution is -0.00174. The quantitative estimate of drug-likeness (QED) is 0.556. The van der Waals surface area contributed by atoms with Crippen molar-refractivity contribution >= 4 is 28.3 Å². The maximum absolute atomic E-state index is 13.2. The zero-order chi connectivity index (χ0) is 25.3. The van der Waals surface area contributed by atoms with Gasteiger partial charge in [0.15, 0.2) is 5.82 Å². The first-order chi connectivity index (χ1) is 17.4. The van der Waals surface area contributed by atoms with Gasteiger partial charge in [0.1, 0.15) is 5.39 Å². The van der Waals surface area contributed by atoms with Crippen molar-refractivity contribution in [2.75, 3.05) is 25.1 Å². The molecule has 2 saturated heterocycles. The summed E-state index contributed by atoms with van der Waals surface area (Å²) in [6.45, 7) is 5.85.